The lowest BCUT2D eigenvalue weighted by molar-refractivity contribution is -0.137. The largest absolute Gasteiger partial charge is 0.417 e. The van der Waals surface area contributed by atoms with Gasteiger partial charge in [0.25, 0.3) is 0 Å². The number of fused-ring (bicyclic) bond motifs is 5. The maximum absolute atomic E-state index is 13.5. The van der Waals surface area contributed by atoms with Crippen molar-refractivity contribution in [2.24, 2.45) is 0 Å². The number of alkyl halides is 3. The van der Waals surface area contributed by atoms with Crippen molar-refractivity contribution in [1.82, 2.24) is 19.9 Å². The van der Waals surface area contributed by atoms with Gasteiger partial charge in [0.2, 0.25) is 0 Å². The minimum Gasteiger partial charge on any atom is -0.338 e. The number of hydrogen-bond donors (Lipinski definition) is 2. The molecule has 2 N–H and O–H groups in total. The standard InChI is InChI=1S/C20H12F3N5/c21-20(22,23)14-6-2-1-4-11(14)19-27-16-12-7-9-24-10-15(12)26-18-13(17(16)28-19)5-3-8-25-18/h1-10H,(H,25,26)(H,27,28). The predicted molar refractivity (Wildman–Crippen MR) is 98.8 cm³/mol. The van der Waals surface area contributed by atoms with E-state index in [1.807, 2.05) is 6.07 Å². The molecule has 5 rings (SSSR count). The van der Waals surface area contributed by atoms with E-state index in [0.717, 1.165) is 11.6 Å². The lowest BCUT2D eigenvalue weighted by atomic mass is 10.1. The first kappa shape index (κ1) is 16.5. The van der Waals surface area contributed by atoms with Crippen LogP contribution in [0.25, 0.3) is 33.9 Å². The summed E-state index contributed by atoms with van der Waals surface area (Å²) in [6.45, 7) is 0. The lowest BCUT2D eigenvalue weighted by Crippen LogP contribution is -2.07. The number of aromatic nitrogens is 4. The average Bonchev–Trinajstić information content (AvgIpc) is 3.08. The molecule has 1 aromatic carbocycles. The molecule has 0 aliphatic carbocycles. The zero-order chi connectivity index (χ0) is 19.3. The van der Waals surface area contributed by atoms with Gasteiger partial charge in [0.15, 0.2) is 0 Å². The molecule has 0 spiro atoms. The molecular formula is C20H12F3N5. The van der Waals surface area contributed by atoms with Crippen LogP contribution in [0.2, 0.25) is 0 Å². The van der Waals surface area contributed by atoms with E-state index < -0.39 is 11.7 Å². The van der Waals surface area contributed by atoms with Crippen LogP contribution in [-0.2, 0) is 6.18 Å². The van der Waals surface area contributed by atoms with Gasteiger partial charge in [0, 0.05) is 29.1 Å². The Morgan fingerprint density at radius 1 is 0.857 bits per heavy atom. The molecule has 4 heterocycles. The molecule has 0 atom stereocenters. The second kappa shape index (κ2) is 5.91. The number of nitrogens with zero attached hydrogens (tertiary/aromatic N) is 3. The molecule has 0 saturated heterocycles. The maximum Gasteiger partial charge on any atom is 0.417 e. The summed E-state index contributed by atoms with van der Waals surface area (Å²) in [6, 6.07) is 10.8. The van der Waals surface area contributed by atoms with E-state index in [2.05, 4.69) is 25.3 Å². The maximum atomic E-state index is 13.5. The van der Waals surface area contributed by atoms with Gasteiger partial charge in [-0.1, -0.05) is 18.2 Å². The Morgan fingerprint density at radius 3 is 2.54 bits per heavy atom. The smallest absolute Gasteiger partial charge is 0.338 e. The molecule has 3 aromatic heterocycles. The molecule has 0 radical (unpaired) electrons. The zero-order valence-electron chi connectivity index (χ0n) is 14.2. The predicted octanol–water partition coefficient (Wildman–Crippen LogP) is 5.28. The lowest BCUT2D eigenvalue weighted by Gasteiger charge is -2.11. The van der Waals surface area contributed by atoms with E-state index in [9.17, 15) is 13.2 Å². The third kappa shape index (κ3) is 2.53. The number of H-pyrrole nitrogens is 1. The zero-order valence-corrected chi connectivity index (χ0v) is 14.2. The minimum absolute atomic E-state index is 0.00270. The number of imidazole rings is 1. The number of nitrogens with one attached hydrogen (secondary N) is 2. The van der Waals surface area contributed by atoms with Crippen molar-refractivity contribution in [2.75, 3.05) is 5.32 Å². The first-order chi connectivity index (χ1) is 13.5. The van der Waals surface area contributed by atoms with Crippen molar-refractivity contribution in [3.8, 4) is 33.9 Å². The Hall–Kier alpha value is -3.68. The Morgan fingerprint density at radius 2 is 1.68 bits per heavy atom. The van der Waals surface area contributed by atoms with Gasteiger partial charge in [-0.3, -0.25) is 4.98 Å². The molecule has 0 unspecified atom stereocenters. The van der Waals surface area contributed by atoms with E-state index >= 15 is 0 Å². The van der Waals surface area contributed by atoms with Gasteiger partial charge >= 0.3 is 6.18 Å². The van der Waals surface area contributed by atoms with Gasteiger partial charge < -0.3 is 10.3 Å². The third-order valence-corrected chi connectivity index (χ3v) is 4.60. The van der Waals surface area contributed by atoms with Gasteiger partial charge in [0.05, 0.1) is 23.1 Å². The van der Waals surface area contributed by atoms with Crippen molar-refractivity contribution in [3.63, 3.8) is 0 Å². The van der Waals surface area contributed by atoms with Crippen LogP contribution in [0.5, 0.6) is 0 Å². The van der Waals surface area contributed by atoms with Crippen molar-refractivity contribution in [1.29, 1.82) is 0 Å². The Balaban J connectivity index is 1.80. The van der Waals surface area contributed by atoms with Gasteiger partial charge in [-0.25, -0.2) is 9.97 Å². The fraction of sp³-hybridized carbons (Fsp3) is 0.0500. The summed E-state index contributed by atoms with van der Waals surface area (Å²) < 4.78 is 40.5. The topological polar surface area (TPSA) is 66.5 Å². The summed E-state index contributed by atoms with van der Waals surface area (Å²) in [6.07, 6.45) is 0.425. The molecule has 0 fully saturated rings. The molecular weight excluding hydrogens is 367 g/mol. The summed E-state index contributed by atoms with van der Waals surface area (Å²) in [5.74, 6) is 0.718. The first-order valence-corrected chi connectivity index (χ1v) is 8.46. The number of aromatic amines is 1. The monoisotopic (exact) mass is 379 g/mol. The van der Waals surface area contributed by atoms with E-state index in [1.165, 1.54) is 12.1 Å². The quantitative estimate of drug-likeness (QED) is 0.416. The Labute approximate surface area is 157 Å². The van der Waals surface area contributed by atoms with Crippen molar-refractivity contribution in [2.45, 2.75) is 6.18 Å². The number of halogens is 3. The van der Waals surface area contributed by atoms with Crippen LogP contribution >= 0.6 is 0 Å². The number of anilines is 2. The molecule has 138 valence electrons. The molecule has 0 bridgehead atoms. The van der Waals surface area contributed by atoms with Crippen LogP contribution in [0.1, 0.15) is 5.56 Å². The number of benzene rings is 1. The molecule has 5 nitrogen and oxygen atoms in total. The number of rotatable bonds is 1. The molecule has 1 aliphatic rings. The molecule has 0 amide bonds. The summed E-state index contributed by atoms with van der Waals surface area (Å²) in [5, 5.41) is 3.22. The fourth-order valence-corrected chi connectivity index (χ4v) is 3.36. The molecule has 28 heavy (non-hydrogen) atoms. The van der Waals surface area contributed by atoms with Crippen LogP contribution in [-0.4, -0.2) is 19.9 Å². The van der Waals surface area contributed by atoms with Gasteiger partial charge in [-0.05, 0) is 24.3 Å². The van der Waals surface area contributed by atoms with Crippen LogP contribution in [0.4, 0.5) is 24.7 Å². The Kier molecular flexibility index (Phi) is 3.48. The fourth-order valence-electron chi connectivity index (χ4n) is 3.36. The van der Waals surface area contributed by atoms with Crippen LogP contribution in [0.15, 0.2) is 61.1 Å². The van der Waals surface area contributed by atoms with E-state index in [1.54, 1.807) is 36.8 Å². The first-order valence-electron chi connectivity index (χ1n) is 8.46. The minimum atomic E-state index is -4.48. The summed E-state index contributed by atoms with van der Waals surface area (Å²) in [4.78, 5) is 16.1. The summed E-state index contributed by atoms with van der Waals surface area (Å²) in [5.41, 5.74) is 2.55. The van der Waals surface area contributed by atoms with E-state index in [-0.39, 0.29) is 11.4 Å². The van der Waals surface area contributed by atoms with Crippen LogP contribution in [0, 0.1) is 0 Å². The third-order valence-electron chi connectivity index (χ3n) is 4.60. The summed E-state index contributed by atoms with van der Waals surface area (Å²) in [7, 11) is 0. The van der Waals surface area contributed by atoms with Crippen molar-refractivity contribution < 1.29 is 13.2 Å². The SMILES string of the molecule is FC(F)(F)c1ccccc1-c1nc2c([nH]1)-c1ccncc1Nc1ncccc1-2. The van der Waals surface area contributed by atoms with Crippen molar-refractivity contribution in [3.05, 3.63) is 66.6 Å². The average molecular weight is 379 g/mol. The second-order valence-corrected chi connectivity index (χ2v) is 6.30. The highest BCUT2D eigenvalue weighted by Crippen LogP contribution is 2.44. The number of pyridine rings is 2. The second-order valence-electron chi connectivity index (χ2n) is 6.30. The highest BCUT2D eigenvalue weighted by atomic mass is 19.4. The highest BCUT2D eigenvalue weighted by molar-refractivity contribution is 5.95. The van der Waals surface area contributed by atoms with E-state index in [0.29, 0.717) is 28.5 Å². The molecule has 8 heteroatoms. The Bertz CT molecular complexity index is 1130. The van der Waals surface area contributed by atoms with E-state index in [4.69, 9.17) is 0 Å². The molecule has 0 saturated carbocycles. The number of hydrogen-bond acceptors (Lipinski definition) is 4. The normalized spacial score (nSPS) is 12.4. The molecule has 1 aliphatic heterocycles. The van der Waals surface area contributed by atoms with Gasteiger partial charge in [-0.15, -0.1) is 0 Å². The van der Waals surface area contributed by atoms with Crippen LogP contribution in [0.3, 0.4) is 0 Å². The summed E-state index contributed by atoms with van der Waals surface area (Å²) >= 11 is 0. The molecule has 4 aromatic rings. The van der Waals surface area contributed by atoms with Crippen LogP contribution < -0.4 is 5.32 Å². The van der Waals surface area contributed by atoms with Crippen molar-refractivity contribution >= 4 is 11.5 Å². The van der Waals surface area contributed by atoms with Gasteiger partial charge in [-0.2, -0.15) is 13.2 Å². The highest BCUT2D eigenvalue weighted by Gasteiger charge is 2.34. The van der Waals surface area contributed by atoms with Gasteiger partial charge in [0.1, 0.15) is 17.3 Å².